The zero-order valence-corrected chi connectivity index (χ0v) is 15.4. The van der Waals surface area contributed by atoms with Crippen molar-refractivity contribution in [2.75, 3.05) is 6.26 Å². The van der Waals surface area contributed by atoms with Crippen LogP contribution in [0.2, 0.25) is 0 Å². The minimum Gasteiger partial charge on any atom is -0.315 e. The van der Waals surface area contributed by atoms with Gasteiger partial charge in [0.1, 0.15) is 0 Å². The van der Waals surface area contributed by atoms with Gasteiger partial charge in [0.2, 0.25) is 0 Å². The molecule has 0 saturated heterocycles. The number of nitrogens with one attached hydrogen (secondary N) is 1. The maximum atomic E-state index is 13.9. The Hall–Kier alpha value is -2.59. The van der Waals surface area contributed by atoms with Gasteiger partial charge in [-0.15, -0.1) is 0 Å². The Labute approximate surface area is 154 Å². The van der Waals surface area contributed by atoms with E-state index in [2.05, 4.69) is 0 Å². The van der Waals surface area contributed by atoms with Crippen LogP contribution in [-0.4, -0.2) is 35.1 Å². The molecule has 0 aliphatic rings. The van der Waals surface area contributed by atoms with Crippen LogP contribution in [0.3, 0.4) is 0 Å². The number of benzene rings is 1. The van der Waals surface area contributed by atoms with Gasteiger partial charge in [-0.2, -0.15) is 0 Å². The second-order valence-corrected chi connectivity index (χ2v) is 8.69. The Morgan fingerprint density at radius 2 is 1.96 bits per heavy atom. The van der Waals surface area contributed by atoms with E-state index in [4.69, 9.17) is 5.21 Å². The molecule has 1 aromatic heterocycles. The SMILES string of the molecule is CC(CCn1ccc(-c2cccc(F)c2F)cc1=O)(C(=O)NO)S(C)(=O)=O. The second-order valence-electron chi connectivity index (χ2n) is 6.24. The number of rotatable bonds is 6. The number of aryl methyl sites for hydroxylation is 1. The van der Waals surface area contributed by atoms with Gasteiger partial charge in [-0.1, -0.05) is 12.1 Å². The third-order valence-corrected chi connectivity index (χ3v) is 6.51. The van der Waals surface area contributed by atoms with Gasteiger partial charge >= 0.3 is 0 Å². The van der Waals surface area contributed by atoms with Crippen LogP contribution in [0.4, 0.5) is 8.78 Å². The van der Waals surface area contributed by atoms with E-state index in [0.29, 0.717) is 0 Å². The highest BCUT2D eigenvalue weighted by Crippen LogP contribution is 2.24. The summed E-state index contributed by atoms with van der Waals surface area (Å²) in [6.45, 7) is 0.983. The standard InChI is InChI=1S/C17H18F2N2O5S/c1-17(16(23)20-24,27(2,25)26)7-9-21-8-6-11(10-14(21)22)12-4-3-5-13(18)15(12)19/h3-6,8,10,24H,7,9H2,1-2H3,(H,20,23). The number of halogens is 2. The van der Waals surface area contributed by atoms with Crippen LogP contribution in [-0.2, 0) is 21.2 Å². The molecule has 0 aliphatic carbocycles. The molecule has 7 nitrogen and oxygen atoms in total. The topological polar surface area (TPSA) is 105 Å². The normalized spacial score (nSPS) is 13.8. The van der Waals surface area contributed by atoms with Crippen molar-refractivity contribution >= 4 is 15.7 Å². The van der Waals surface area contributed by atoms with Crippen LogP contribution in [0.5, 0.6) is 0 Å². The molecule has 0 spiro atoms. The number of amides is 1. The minimum absolute atomic E-state index is 0.0834. The van der Waals surface area contributed by atoms with Crippen LogP contribution in [0, 0.1) is 11.6 Å². The quantitative estimate of drug-likeness (QED) is 0.565. The first-order valence-corrected chi connectivity index (χ1v) is 9.69. The van der Waals surface area contributed by atoms with Gasteiger partial charge in [-0.3, -0.25) is 14.8 Å². The predicted molar refractivity (Wildman–Crippen MR) is 93.8 cm³/mol. The maximum absolute atomic E-state index is 13.9. The van der Waals surface area contributed by atoms with Crippen molar-refractivity contribution in [3.05, 3.63) is 58.5 Å². The number of carbonyl (C=O) groups is 1. The van der Waals surface area contributed by atoms with Crippen molar-refractivity contribution in [1.29, 1.82) is 0 Å². The van der Waals surface area contributed by atoms with Crippen molar-refractivity contribution in [3.63, 3.8) is 0 Å². The number of carbonyl (C=O) groups excluding carboxylic acids is 1. The number of hydrogen-bond donors (Lipinski definition) is 2. The monoisotopic (exact) mass is 400 g/mol. The summed E-state index contributed by atoms with van der Waals surface area (Å²) in [5.41, 5.74) is 0.812. The van der Waals surface area contributed by atoms with Crippen molar-refractivity contribution in [1.82, 2.24) is 10.0 Å². The molecule has 2 N–H and O–H groups in total. The molecular weight excluding hydrogens is 382 g/mol. The van der Waals surface area contributed by atoms with Crippen LogP contribution in [0.1, 0.15) is 13.3 Å². The number of hydrogen-bond acceptors (Lipinski definition) is 5. The number of nitrogens with zero attached hydrogens (tertiary/aromatic N) is 1. The molecule has 0 radical (unpaired) electrons. The molecule has 1 heterocycles. The van der Waals surface area contributed by atoms with Gasteiger partial charge in [0.25, 0.3) is 11.5 Å². The zero-order valence-electron chi connectivity index (χ0n) is 14.6. The summed E-state index contributed by atoms with van der Waals surface area (Å²) in [5.74, 6) is -3.24. The van der Waals surface area contributed by atoms with Gasteiger partial charge in [0.15, 0.2) is 26.2 Å². The van der Waals surface area contributed by atoms with Gasteiger partial charge in [0, 0.05) is 30.6 Å². The van der Waals surface area contributed by atoms with E-state index in [1.165, 1.54) is 29.9 Å². The summed E-state index contributed by atoms with van der Waals surface area (Å²) in [5, 5.41) is 8.80. The highest BCUT2D eigenvalue weighted by molar-refractivity contribution is 7.92. The molecule has 2 rings (SSSR count). The lowest BCUT2D eigenvalue weighted by atomic mass is 10.1. The Kier molecular flexibility index (Phi) is 5.81. The predicted octanol–water partition coefficient (Wildman–Crippen LogP) is 1.49. The number of hydroxylamine groups is 1. The fourth-order valence-electron chi connectivity index (χ4n) is 2.51. The Morgan fingerprint density at radius 3 is 2.52 bits per heavy atom. The summed E-state index contributed by atoms with van der Waals surface area (Å²) in [6.07, 6.45) is 1.86. The van der Waals surface area contributed by atoms with Gasteiger partial charge in [0.05, 0.1) is 0 Å². The minimum atomic E-state index is -3.90. The first-order chi connectivity index (χ1) is 12.5. The summed E-state index contributed by atoms with van der Waals surface area (Å²) in [4.78, 5) is 24.1. The van der Waals surface area contributed by atoms with Crippen LogP contribution in [0.15, 0.2) is 41.3 Å². The highest BCUT2D eigenvalue weighted by Gasteiger charge is 2.43. The largest absolute Gasteiger partial charge is 0.315 e. The average Bonchev–Trinajstić information content (AvgIpc) is 2.61. The molecule has 0 bridgehead atoms. The smallest absolute Gasteiger partial charge is 0.264 e. The third-order valence-electron chi connectivity index (χ3n) is 4.49. The van der Waals surface area contributed by atoms with Gasteiger partial charge in [-0.05, 0) is 31.0 Å². The molecule has 10 heteroatoms. The van der Waals surface area contributed by atoms with Gasteiger partial charge in [-0.25, -0.2) is 22.7 Å². The summed E-state index contributed by atoms with van der Waals surface area (Å²) >= 11 is 0. The molecule has 2 aromatic rings. The third kappa shape index (κ3) is 4.06. The second kappa shape index (κ2) is 7.57. The van der Waals surface area contributed by atoms with E-state index in [1.54, 1.807) is 0 Å². The molecule has 1 amide bonds. The molecular formula is C17H18F2N2O5S. The molecule has 0 aliphatic heterocycles. The summed E-state index contributed by atoms with van der Waals surface area (Å²) < 4.78 is 50.3. The van der Waals surface area contributed by atoms with E-state index in [1.807, 2.05) is 0 Å². The fraction of sp³-hybridized carbons (Fsp3) is 0.294. The first kappa shape index (κ1) is 20.7. The molecule has 1 aromatic carbocycles. The first-order valence-electron chi connectivity index (χ1n) is 7.80. The molecule has 146 valence electrons. The van der Waals surface area contributed by atoms with Crippen LogP contribution < -0.4 is 11.0 Å². The molecule has 0 saturated carbocycles. The Morgan fingerprint density at radius 1 is 1.30 bits per heavy atom. The number of pyridine rings is 1. The van der Waals surface area contributed by atoms with E-state index in [-0.39, 0.29) is 24.1 Å². The van der Waals surface area contributed by atoms with E-state index < -0.39 is 37.7 Å². The van der Waals surface area contributed by atoms with Crippen molar-refractivity contribution in [3.8, 4) is 11.1 Å². The van der Waals surface area contributed by atoms with Gasteiger partial charge < -0.3 is 4.57 Å². The zero-order chi connectivity index (χ0) is 20.4. The molecule has 0 fully saturated rings. The van der Waals surface area contributed by atoms with E-state index in [0.717, 1.165) is 29.9 Å². The summed E-state index contributed by atoms with van der Waals surface area (Å²) in [6, 6.07) is 6.05. The highest BCUT2D eigenvalue weighted by atomic mass is 32.2. The number of sulfone groups is 1. The summed E-state index contributed by atoms with van der Waals surface area (Å²) in [7, 11) is -3.90. The van der Waals surface area contributed by atoms with Crippen LogP contribution in [0.25, 0.3) is 11.1 Å². The van der Waals surface area contributed by atoms with E-state index >= 15 is 0 Å². The molecule has 1 unspecified atom stereocenters. The molecule has 1 atom stereocenters. The lowest BCUT2D eigenvalue weighted by Crippen LogP contribution is -2.49. The van der Waals surface area contributed by atoms with Crippen molar-refractivity contribution in [2.24, 2.45) is 0 Å². The Bertz CT molecular complexity index is 1040. The number of aromatic nitrogens is 1. The molecule has 27 heavy (non-hydrogen) atoms. The van der Waals surface area contributed by atoms with E-state index in [9.17, 15) is 26.8 Å². The van der Waals surface area contributed by atoms with Crippen molar-refractivity contribution < 1.29 is 27.2 Å². The lowest BCUT2D eigenvalue weighted by Gasteiger charge is -2.25. The maximum Gasteiger partial charge on any atom is 0.264 e. The average molecular weight is 400 g/mol. The van der Waals surface area contributed by atoms with Crippen molar-refractivity contribution in [2.45, 2.75) is 24.6 Å². The Balaban J connectivity index is 2.33. The fourth-order valence-corrected chi connectivity index (χ4v) is 3.35. The van der Waals surface area contributed by atoms with Crippen LogP contribution >= 0.6 is 0 Å². The lowest BCUT2D eigenvalue weighted by molar-refractivity contribution is -0.131.